The molecule has 1 N–H and O–H groups in total. The van der Waals surface area contributed by atoms with Gasteiger partial charge < -0.3 is 14.6 Å². The fourth-order valence-corrected chi connectivity index (χ4v) is 3.97. The second-order valence-corrected chi connectivity index (χ2v) is 7.54. The summed E-state index contributed by atoms with van der Waals surface area (Å²) in [6.07, 6.45) is 2.46. The molecule has 0 spiro atoms. The summed E-state index contributed by atoms with van der Waals surface area (Å²) in [6.45, 7) is 0.521. The van der Waals surface area contributed by atoms with Crippen molar-refractivity contribution < 1.29 is 19.4 Å². The van der Waals surface area contributed by atoms with E-state index in [2.05, 4.69) is 0 Å². The zero-order chi connectivity index (χ0) is 19.4. The highest BCUT2D eigenvalue weighted by molar-refractivity contribution is 8.26. The molecule has 0 atom stereocenters. The molecule has 1 aliphatic heterocycles. The van der Waals surface area contributed by atoms with E-state index in [4.69, 9.17) is 21.7 Å². The van der Waals surface area contributed by atoms with Gasteiger partial charge in [-0.2, -0.15) is 0 Å². The Bertz CT molecular complexity index is 893. The molecule has 1 heterocycles. The number of amides is 1. The van der Waals surface area contributed by atoms with E-state index in [1.54, 1.807) is 30.2 Å². The highest BCUT2D eigenvalue weighted by Gasteiger charge is 2.31. The number of ether oxygens (including phenoxy) is 2. The number of phenolic OH excluding ortho intramolecular Hbond substituents is 1. The molecule has 7 heteroatoms. The van der Waals surface area contributed by atoms with Crippen LogP contribution in [0.15, 0.2) is 47.4 Å². The minimum Gasteiger partial charge on any atom is -0.504 e. The molecule has 0 saturated carbocycles. The largest absolute Gasteiger partial charge is 0.504 e. The van der Waals surface area contributed by atoms with Crippen molar-refractivity contribution in [3.63, 3.8) is 0 Å². The van der Waals surface area contributed by atoms with Crippen molar-refractivity contribution in [2.75, 3.05) is 20.8 Å². The van der Waals surface area contributed by atoms with Gasteiger partial charge in [-0.05, 0) is 47.9 Å². The van der Waals surface area contributed by atoms with Gasteiger partial charge in [-0.15, -0.1) is 0 Å². The lowest BCUT2D eigenvalue weighted by Crippen LogP contribution is -2.30. The summed E-state index contributed by atoms with van der Waals surface area (Å²) in [7, 11) is 3.11. The Morgan fingerprint density at radius 1 is 1.15 bits per heavy atom. The zero-order valence-electron chi connectivity index (χ0n) is 15.0. The number of aromatic hydroxyl groups is 1. The second kappa shape index (κ2) is 8.45. The summed E-state index contributed by atoms with van der Waals surface area (Å²) < 4.78 is 10.8. The number of methoxy groups -OCH3 is 2. The third kappa shape index (κ3) is 4.43. The van der Waals surface area contributed by atoms with Crippen LogP contribution in [0.2, 0.25) is 0 Å². The Morgan fingerprint density at radius 3 is 2.56 bits per heavy atom. The molecule has 2 aromatic rings. The molecule has 2 aromatic carbocycles. The van der Waals surface area contributed by atoms with Crippen molar-refractivity contribution in [1.82, 2.24) is 4.90 Å². The predicted molar refractivity (Wildman–Crippen MR) is 111 cm³/mol. The lowest BCUT2D eigenvalue weighted by molar-refractivity contribution is -0.122. The molecule has 0 aromatic heterocycles. The Hall–Kier alpha value is -2.51. The van der Waals surface area contributed by atoms with Gasteiger partial charge in [0.1, 0.15) is 10.1 Å². The molecule has 140 valence electrons. The van der Waals surface area contributed by atoms with Gasteiger partial charge in [0.05, 0.1) is 19.1 Å². The predicted octanol–water partition coefficient (Wildman–Crippen LogP) is 3.85. The molecule has 0 radical (unpaired) electrons. The molecule has 0 unspecified atom stereocenters. The van der Waals surface area contributed by atoms with Crippen molar-refractivity contribution in [1.29, 1.82) is 0 Å². The maximum absolute atomic E-state index is 12.7. The normalized spacial score (nSPS) is 15.5. The molecule has 3 rings (SSSR count). The number of benzene rings is 2. The summed E-state index contributed by atoms with van der Waals surface area (Å²) in [6, 6.07) is 12.7. The Labute approximate surface area is 167 Å². The van der Waals surface area contributed by atoms with Crippen LogP contribution in [0.1, 0.15) is 11.1 Å². The number of thioether (sulfide) groups is 1. The standard InChI is InChI=1S/C20H19NO4S2/c1-24-15-6-3-13(4-7-15)9-10-21-19(23)18(27-20(21)26)12-14-5-8-16(22)17(11-14)25-2/h3-8,11-12,22H,9-10H2,1-2H3. The van der Waals surface area contributed by atoms with E-state index in [1.165, 1.54) is 24.9 Å². The molecule has 0 bridgehead atoms. The van der Waals surface area contributed by atoms with Crippen molar-refractivity contribution in [2.45, 2.75) is 6.42 Å². The van der Waals surface area contributed by atoms with Crippen molar-refractivity contribution in [2.24, 2.45) is 0 Å². The van der Waals surface area contributed by atoms with Crippen molar-refractivity contribution in [3.8, 4) is 17.2 Å². The molecule has 1 aliphatic rings. The first-order valence-electron chi connectivity index (χ1n) is 8.27. The Morgan fingerprint density at radius 2 is 1.89 bits per heavy atom. The van der Waals surface area contributed by atoms with Crippen LogP contribution in [0.4, 0.5) is 0 Å². The Balaban J connectivity index is 1.70. The van der Waals surface area contributed by atoms with Crippen LogP contribution >= 0.6 is 24.0 Å². The monoisotopic (exact) mass is 401 g/mol. The smallest absolute Gasteiger partial charge is 0.266 e. The number of rotatable bonds is 6. The number of hydrogen-bond donors (Lipinski definition) is 1. The molecule has 1 saturated heterocycles. The highest BCUT2D eigenvalue weighted by Crippen LogP contribution is 2.34. The average molecular weight is 402 g/mol. The second-order valence-electron chi connectivity index (χ2n) is 5.86. The maximum atomic E-state index is 12.7. The van der Waals surface area contributed by atoms with E-state index in [0.717, 1.165) is 16.9 Å². The number of nitrogens with zero attached hydrogens (tertiary/aromatic N) is 1. The SMILES string of the molecule is COc1ccc(CCN2C(=O)C(=Cc3ccc(O)c(OC)c3)SC2=S)cc1. The summed E-state index contributed by atoms with van der Waals surface area (Å²) in [4.78, 5) is 14.9. The summed E-state index contributed by atoms with van der Waals surface area (Å²) in [5.41, 5.74) is 1.87. The van der Waals surface area contributed by atoms with E-state index < -0.39 is 0 Å². The number of hydrogen-bond acceptors (Lipinski definition) is 6. The van der Waals surface area contributed by atoms with Gasteiger partial charge in [0.25, 0.3) is 5.91 Å². The minimum absolute atomic E-state index is 0.0571. The lowest BCUT2D eigenvalue weighted by Gasteiger charge is -2.14. The third-order valence-electron chi connectivity index (χ3n) is 4.16. The summed E-state index contributed by atoms with van der Waals surface area (Å²) >= 11 is 6.66. The van der Waals surface area contributed by atoms with E-state index in [1.807, 2.05) is 24.3 Å². The van der Waals surface area contributed by atoms with Crippen molar-refractivity contribution >= 4 is 40.3 Å². The van der Waals surface area contributed by atoms with Crippen LogP contribution < -0.4 is 9.47 Å². The number of phenols is 1. The van der Waals surface area contributed by atoms with Gasteiger partial charge in [-0.25, -0.2) is 0 Å². The van der Waals surface area contributed by atoms with E-state index in [-0.39, 0.29) is 11.7 Å². The zero-order valence-corrected chi connectivity index (χ0v) is 16.6. The van der Waals surface area contributed by atoms with E-state index in [9.17, 15) is 9.90 Å². The van der Waals surface area contributed by atoms with Gasteiger partial charge in [0.2, 0.25) is 0 Å². The molecule has 5 nitrogen and oxygen atoms in total. The van der Waals surface area contributed by atoms with Crippen LogP contribution in [0.3, 0.4) is 0 Å². The molecular weight excluding hydrogens is 382 g/mol. The van der Waals surface area contributed by atoms with Gasteiger partial charge in [0.15, 0.2) is 11.5 Å². The number of thiocarbonyl (C=S) groups is 1. The molecular formula is C20H19NO4S2. The van der Waals surface area contributed by atoms with E-state index in [0.29, 0.717) is 27.9 Å². The molecule has 1 amide bonds. The van der Waals surface area contributed by atoms with Crippen LogP contribution in [-0.4, -0.2) is 41.0 Å². The summed E-state index contributed by atoms with van der Waals surface area (Å²) in [5.74, 6) is 1.11. The molecule has 27 heavy (non-hydrogen) atoms. The van der Waals surface area contributed by atoms with Gasteiger partial charge in [0, 0.05) is 6.54 Å². The van der Waals surface area contributed by atoms with Crippen LogP contribution in [-0.2, 0) is 11.2 Å². The van der Waals surface area contributed by atoms with Crippen LogP contribution in [0.25, 0.3) is 6.08 Å². The first kappa shape index (κ1) is 19.3. The first-order valence-corrected chi connectivity index (χ1v) is 9.49. The van der Waals surface area contributed by atoms with Gasteiger partial charge >= 0.3 is 0 Å². The number of carbonyl (C=O) groups excluding carboxylic acids is 1. The number of carbonyl (C=O) groups is 1. The third-order valence-corrected chi connectivity index (χ3v) is 5.54. The lowest BCUT2D eigenvalue weighted by atomic mass is 10.1. The Kier molecular flexibility index (Phi) is 6.03. The highest BCUT2D eigenvalue weighted by atomic mass is 32.2. The molecule has 0 aliphatic carbocycles. The first-order chi connectivity index (χ1) is 13.0. The minimum atomic E-state index is -0.106. The summed E-state index contributed by atoms with van der Waals surface area (Å²) in [5, 5.41) is 9.69. The van der Waals surface area contributed by atoms with Gasteiger partial charge in [-0.3, -0.25) is 9.69 Å². The van der Waals surface area contributed by atoms with E-state index >= 15 is 0 Å². The average Bonchev–Trinajstić information content (AvgIpc) is 2.95. The van der Waals surface area contributed by atoms with Crippen molar-refractivity contribution in [3.05, 3.63) is 58.5 Å². The quantitative estimate of drug-likeness (QED) is 0.586. The van der Waals surface area contributed by atoms with Gasteiger partial charge in [-0.1, -0.05) is 42.2 Å². The fourth-order valence-electron chi connectivity index (χ4n) is 2.66. The fraction of sp³-hybridized carbons (Fsp3) is 0.200. The maximum Gasteiger partial charge on any atom is 0.266 e. The topological polar surface area (TPSA) is 59.0 Å². The molecule has 1 fully saturated rings. The van der Waals surface area contributed by atoms with Crippen LogP contribution in [0.5, 0.6) is 17.2 Å². The van der Waals surface area contributed by atoms with Crippen LogP contribution in [0, 0.1) is 0 Å².